The molecule has 1 atom stereocenters. The highest BCUT2D eigenvalue weighted by atomic mass is 32.2. The van der Waals surface area contributed by atoms with Crippen molar-refractivity contribution >= 4 is 15.7 Å². The molecule has 1 aromatic carbocycles. The van der Waals surface area contributed by atoms with Crippen molar-refractivity contribution in [1.29, 1.82) is 0 Å². The zero-order valence-electron chi connectivity index (χ0n) is 11.5. The molecule has 1 heterocycles. The van der Waals surface area contributed by atoms with Gasteiger partial charge in [-0.2, -0.15) is 0 Å². The summed E-state index contributed by atoms with van der Waals surface area (Å²) in [6.07, 6.45) is 0.748. The van der Waals surface area contributed by atoms with Crippen LogP contribution in [0, 0.1) is 11.7 Å². The van der Waals surface area contributed by atoms with Crippen molar-refractivity contribution in [2.45, 2.75) is 12.8 Å². The van der Waals surface area contributed by atoms with E-state index in [9.17, 15) is 17.6 Å². The third-order valence-corrected chi connectivity index (χ3v) is 5.15. The lowest BCUT2D eigenvalue weighted by molar-refractivity contribution is -0.121. The SMILES string of the molecule is O=C(CCOc1cccc(F)c1)NCC1CCS(=O)(=O)C1. The second-order valence-corrected chi connectivity index (χ2v) is 7.36. The Morgan fingerprint density at radius 1 is 1.43 bits per heavy atom. The summed E-state index contributed by atoms with van der Waals surface area (Å²) < 4.78 is 40.7. The average Bonchev–Trinajstić information content (AvgIpc) is 2.76. The van der Waals surface area contributed by atoms with Gasteiger partial charge in [-0.25, -0.2) is 12.8 Å². The molecular weight excluding hydrogens is 297 g/mol. The van der Waals surface area contributed by atoms with Crippen LogP contribution in [0.2, 0.25) is 0 Å². The summed E-state index contributed by atoms with van der Waals surface area (Å²) in [5.74, 6) is 0.145. The molecule has 1 fully saturated rings. The lowest BCUT2D eigenvalue weighted by atomic mass is 10.1. The molecule has 0 bridgehead atoms. The van der Waals surface area contributed by atoms with Crippen LogP contribution in [0.15, 0.2) is 24.3 Å². The van der Waals surface area contributed by atoms with Crippen LogP contribution in [0.1, 0.15) is 12.8 Å². The van der Waals surface area contributed by atoms with Crippen LogP contribution in [-0.4, -0.2) is 39.0 Å². The average molecular weight is 315 g/mol. The fourth-order valence-corrected chi connectivity index (χ4v) is 4.06. The molecule has 2 rings (SSSR count). The number of halogens is 1. The van der Waals surface area contributed by atoms with Gasteiger partial charge in [-0.15, -0.1) is 0 Å². The number of ether oxygens (including phenoxy) is 1. The molecule has 1 aliphatic rings. The first-order valence-electron chi connectivity index (χ1n) is 6.80. The number of nitrogens with one attached hydrogen (secondary N) is 1. The first-order valence-corrected chi connectivity index (χ1v) is 8.62. The van der Waals surface area contributed by atoms with Crippen molar-refractivity contribution in [2.75, 3.05) is 24.7 Å². The van der Waals surface area contributed by atoms with E-state index in [1.165, 1.54) is 18.2 Å². The zero-order valence-corrected chi connectivity index (χ0v) is 12.4. The van der Waals surface area contributed by atoms with Crippen LogP contribution in [0.4, 0.5) is 4.39 Å². The number of benzene rings is 1. The molecule has 0 radical (unpaired) electrons. The molecule has 0 saturated carbocycles. The molecule has 5 nitrogen and oxygen atoms in total. The molecule has 0 aliphatic carbocycles. The molecule has 7 heteroatoms. The number of hydrogen-bond acceptors (Lipinski definition) is 4. The first kappa shape index (κ1) is 15.8. The standard InChI is InChI=1S/C14H18FNO4S/c15-12-2-1-3-13(8-12)20-6-4-14(17)16-9-11-5-7-21(18,19)10-11/h1-3,8,11H,4-7,9-10H2,(H,16,17). The number of rotatable bonds is 6. The van der Waals surface area contributed by atoms with Gasteiger partial charge in [0.2, 0.25) is 5.91 Å². The van der Waals surface area contributed by atoms with Crippen LogP contribution in [0.25, 0.3) is 0 Å². The summed E-state index contributed by atoms with van der Waals surface area (Å²) in [6.45, 7) is 0.524. The Kier molecular flexibility index (Phi) is 5.17. The van der Waals surface area contributed by atoms with Crippen molar-refractivity contribution in [3.63, 3.8) is 0 Å². The van der Waals surface area contributed by atoms with E-state index in [2.05, 4.69) is 5.32 Å². The molecular formula is C14H18FNO4S. The minimum absolute atomic E-state index is 0.00286. The summed E-state index contributed by atoms with van der Waals surface area (Å²) in [7, 11) is -2.91. The van der Waals surface area contributed by atoms with E-state index >= 15 is 0 Å². The first-order chi connectivity index (χ1) is 9.94. The maximum atomic E-state index is 12.9. The number of carbonyl (C=O) groups excluding carboxylic acids is 1. The van der Waals surface area contributed by atoms with Crippen molar-refractivity contribution in [1.82, 2.24) is 5.32 Å². The minimum Gasteiger partial charge on any atom is -0.493 e. The quantitative estimate of drug-likeness (QED) is 0.854. The van der Waals surface area contributed by atoms with E-state index < -0.39 is 9.84 Å². The third-order valence-electron chi connectivity index (χ3n) is 3.31. The molecule has 1 aromatic rings. The normalized spacial score (nSPS) is 20.1. The van der Waals surface area contributed by atoms with E-state index in [0.29, 0.717) is 18.7 Å². The van der Waals surface area contributed by atoms with E-state index in [-0.39, 0.29) is 42.2 Å². The third kappa shape index (κ3) is 5.34. The molecule has 21 heavy (non-hydrogen) atoms. The minimum atomic E-state index is -2.91. The molecule has 1 aliphatic heterocycles. The number of hydrogen-bond donors (Lipinski definition) is 1. The number of amides is 1. The maximum Gasteiger partial charge on any atom is 0.223 e. The summed E-state index contributed by atoms with van der Waals surface area (Å²) in [6, 6.07) is 5.71. The topological polar surface area (TPSA) is 72.5 Å². The summed E-state index contributed by atoms with van der Waals surface area (Å²) in [5.41, 5.74) is 0. The monoisotopic (exact) mass is 315 g/mol. The fourth-order valence-electron chi connectivity index (χ4n) is 2.20. The van der Waals surface area contributed by atoms with Crippen molar-refractivity contribution < 1.29 is 22.3 Å². The summed E-state index contributed by atoms with van der Waals surface area (Å²) >= 11 is 0. The van der Waals surface area contributed by atoms with Gasteiger partial charge in [-0.05, 0) is 24.5 Å². The van der Waals surface area contributed by atoms with Crippen molar-refractivity contribution in [3.8, 4) is 5.75 Å². The number of carbonyl (C=O) groups is 1. The van der Waals surface area contributed by atoms with Gasteiger partial charge in [-0.1, -0.05) is 6.07 Å². The smallest absolute Gasteiger partial charge is 0.223 e. The van der Waals surface area contributed by atoms with Gasteiger partial charge in [0.1, 0.15) is 11.6 Å². The Morgan fingerprint density at radius 2 is 2.24 bits per heavy atom. The lowest BCUT2D eigenvalue weighted by Gasteiger charge is -2.10. The van der Waals surface area contributed by atoms with Gasteiger partial charge in [0.15, 0.2) is 9.84 Å². The van der Waals surface area contributed by atoms with Gasteiger partial charge in [0.25, 0.3) is 0 Å². The van der Waals surface area contributed by atoms with Crippen molar-refractivity contribution in [3.05, 3.63) is 30.1 Å². The molecule has 0 aromatic heterocycles. The Morgan fingerprint density at radius 3 is 2.90 bits per heavy atom. The molecule has 1 amide bonds. The summed E-state index contributed by atoms with van der Waals surface area (Å²) in [4.78, 5) is 11.6. The highest BCUT2D eigenvalue weighted by Gasteiger charge is 2.27. The lowest BCUT2D eigenvalue weighted by Crippen LogP contribution is -2.30. The van der Waals surface area contributed by atoms with Gasteiger partial charge in [0, 0.05) is 12.6 Å². The predicted octanol–water partition coefficient (Wildman–Crippen LogP) is 1.15. The van der Waals surface area contributed by atoms with Crippen LogP contribution < -0.4 is 10.1 Å². The Balaban J connectivity index is 1.64. The molecule has 1 unspecified atom stereocenters. The second-order valence-electron chi connectivity index (χ2n) is 5.13. The summed E-state index contributed by atoms with van der Waals surface area (Å²) in [5, 5.41) is 2.70. The molecule has 0 spiro atoms. The second kappa shape index (κ2) is 6.89. The fraction of sp³-hybridized carbons (Fsp3) is 0.500. The van der Waals surface area contributed by atoms with Crippen LogP contribution in [0.5, 0.6) is 5.75 Å². The molecule has 1 saturated heterocycles. The van der Waals surface area contributed by atoms with E-state index in [1.807, 2.05) is 0 Å². The molecule has 1 N–H and O–H groups in total. The van der Waals surface area contributed by atoms with E-state index in [0.717, 1.165) is 0 Å². The Hall–Kier alpha value is -1.63. The Labute approximate surface area is 123 Å². The largest absolute Gasteiger partial charge is 0.493 e. The van der Waals surface area contributed by atoms with Crippen LogP contribution >= 0.6 is 0 Å². The maximum absolute atomic E-state index is 12.9. The number of sulfone groups is 1. The van der Waals surface area contributed by atoms with E-state index in [1.54, 1.807) is 6.07 Å². The Bertz CT molecular complexity index is 603. The molecule has 116 valence electrons. The van der Waals surface area contributed by atoms with E-state index in [4.69, 9.17) is 4.74 Å². The van der Waals surface area contributed by atoms with Gasteiger partial charge in [0.05, 0.1) is 24.5 Å². The van der Waals surface area contributed by atoms with Crippen LogP contribution in [-0.2, 0) is 14.6 Å². The van der Waals surface area contributed by atoms with Gasteiger partial charge >= 0.3 is 0 Å². The van der Waals surface area contributed by atoms with Gasteiger partial charge in [-0.3, -0.25) is 4.79 Å². The highest BCUT2D eigenvalue weighted by Crippen LogP contribution is 2.17. The highest BCUT2D eigenvalue weighted by molar-refractivity contribution is 7.91. The van der Waals surface area contributed by atoms with Crippen molar-refractivity contribution in [2.24, 2.45) is 5.92 Å². The predicted molar refractivity (Wildman–Crippen MR) is 76.3 cm³/mol. The zero-order chi connectivity index (χ0) is 15.3. The van der Waals surface area contributed by atoms with Gasteiger partial charge < -0.3 is 10.1 Å². The van der Waals surface area contributed by atoms with Crippen LogP contribution in [0.3, 0.4) is 0 Å².